The summed E-state index contributed by atoms with van der Waals surface area (Å²) in [5, 5.41) is 8.70. The Bertz CT molecular complexity index is 549. The lowest BCUT2D eigenvalue weighted by Gasteiger charge is -1.83. The summed E-state index contributed by atoms with van der Waals surface area (Å²) in [6.07, 6.45) is 0. The minimum atomic E-state index is -0.617. The van der Waals surface area contributed by atoms with Gasteiger partial charge in [-0.05, 0) is 0 Å². The monoisotopic (exact) mass is 182 g/mol. The number of fused-ring (bicyclic) bond motifs is 1. The van der Waals surface area contributed by atoms with Crippen molar-refractivity contribution < 1.29 is 5.11 Å². The van der Waals surface area contributed by atoms with Crippen LogP contribution in [-0.2, 0) is 6.61 Å². The number of aliphatic hydroxyl groups is 1. The molecule has 2 aromatic heterocycles. The van der Waals surface area contributed by atoms with Gasteiger partial charge in [-0.2, -0.15) is 0 Å². The highest BCUT2D eigenvalue weighted by molar-refractivity contribution is 5.68. The number of aliphatic hydroxyl groups excluding tert-OH is 1. The van der Waals surface area contributed by atoms with E-state index in [0.717, 1.165) is 0 Å². The van der Waals surface area contributed by atoms with E-state index >= 15 is 0 Å². The van der Waals surface area contributed by atoms with E-state index in [2.05, 4.69) is 15.0 Å². The van der Waals surface area contributed by atoms with Crippen LogP contribution >= 0.6 is 0 Å². The lowest BCUT2D eigenvalue weighted by Crippen LogP contribution is -2.21. The van der Waals surface area contributed by atoms with Gasteiger partial charge in [0.1, 0.15) is 17.9 Å². The van der Waals surface area contributed by atoms with Crippen molar-refractivity contribution in [1.29, 1.82) is 0 Å². The third-order valence-electron chi connectivity index (χ3n) is 1.59. The molecule has 0 saturated heterocycles. The lowest BCUT2D eigenvalue weighted by atomic mass is 10.5. The number of hydrogen-bond acceptors (Lipinski definition) is 4. The number of nitrogens with zero attached hydrogens (tertiary/aromatic N) is 1. The number of aromatic amines is 3. The summed E-state index contributed by atoms with van der Waals surface area (Å²) < 4.78 is 0. The van der Waals surface area contributed by atoms with Crippen molar-refractivity contribution in [1.82, 2.24) is 19.9 Å². The van der Waals surface area contributed by atoms with Gasteiger partial charge in [-0.25, -0.2) is 9.78 Å². The summed E-state index contributed by atoms with van der Waals surface area (Å²) in [5.74, 6) is 0.238. The molecule has 0 unspecified atom stereocenters. The normalized spacial score (nSPS) is 10.8. The molecule has 68 valence electrons. The fourth-order valence-corrected chi connectivity index (χ4v) is 1.06. The van der Waals surface area contributed by atoms with Crippen molar-refractivity contribution in [2.45, 2.75) is 6.61 Å². The van der Waals surface area contributed by atoms with Crippen LogP contribution in [0.1, 0.15) is 5.82 Å². The molecule has 0 bridgehead atoms. The van der Waals surface area contributed by atoms with E-state index in [4.69, 9.17) is 5.11 Å². The molecule has 0 aliphatic heterocycles. The van der Waals surface area contributed by atoms with E-state index in [1.807, 2.05) is 4.98 Å². The van der Waals surface area contributed by atoms with Gasteiger partial charge in [-0.15, -0.1) is 0 Å². The van der Waals surface area contributed by atoms with Crippen molar-refractivity contribution in [2.75, 3.05) is 0 Å². The maximum atomic E-state index is 11.1. The average Bonchev–Trinajstić information content (AvgIpc) is 2.47. The van der Waals surface area contributed by atoms with Crippen molar-refractivity contribution in [2.24, 2.45) is 0 Å². The van der Waals surface area contributed by atoms with E-state index in [9.17, 15) is 9.59 Å². The second-order valence-electron chi connectivity index (χ2n) is 2.47. The predicted octanol–water partition coefficient (Wildman–Crippen LogP) is -1.57. The van der Waals surface area contributed by atoms with Gasteiger partial charge in [-0.3, -0.25) is 14.8 Å². The lowest BCUT2D eigenvalue weighted by molar-refractivity contribution is 0.273. The van der Waals surface area contributed by atoms with Crippen LogP contribution in [0.25, 0.3) is 11.2 Å². The van der Waals surface area contributed by atoms with Crippen LogP contribution in [0.15, 0.2) is 9.59 Å². The molecule has 2 aromatic rings. The van der Waals surface area contributed by atoms with Gasteiger partial charge in [0.25, 0.3) is 5.56 Å². The molecule has 0 fully saturated rings. The molecule has 2 rings (SSSR count). The molecule has 2 heterocycles. The van der Waals surface area contributed by atoms with Gasteiger partial charge < -0.3 is 10.1 Å². The molecule has 0 saturated carbocycles. The first-order valence-corrected chi connectivity index (χ1v) is 3.53. The van der Waals surface area contributed by atoms with E-state index in [0.29, 0.717) is 0 Å². The molecule has 0 spiro atoms. The van der Waals surface area contributed by atoms with Crippen LogP contribution in [0, 0.1) is 0 Å². The van der Waals surface area contributed by atoms with Gasteiger partial charge >= 0.3 is 5.69 Å². The third kappa shape index (κ3) is 1.14. The molecule has 0 aromatic carbocycles. The van der Waals surface area contributed by atoms with Gasteiger partial charge in [0.05, 0.1) is 0 Å². The number of rotatable bonds is 1. The largest absolute Gasteiger partial charge is 0.388 e. The minimum absolute atomic E-state index is 0.151. The van der Waals surface area contributed by atoms with Gasteiger partial charge in [0, 0.05) is 0 Å². The highest BCUT2D eigenvalue weighted by atomic mass is 16.3. The highest BCUT2D eigenvalue weighted by Crippen LogP contribution is 1.99. The maximum Gasteiger partial charge on any atom is 0.327 e. The minimum Gasteiger partial charge on any atom is -0.388 e. The zero-order valence-electron chi connectivity index (χ0n) is 6.42. The molecule has 7 nitrogen and oxygen atoms in total. The first-order valence-electron chi connectivity index (χ1n) is 3.53. The topological polar surface area (TPSA) is 115 Å². The Morgan fingerprint density at radius 1 is 1.23 bits per heavy atom. The zero-order chi connectivity index (χ0) is 9.42. The second kappa shape index (κ2) is 2.56. The van der Waals surface area contributed by atoms with Crippen LogP contribution < -0.4 is 11.2 Å². The number of H-pyrrole nitrogens is 3. The number of nitrogens with one attached hydrogen (secondary N) is 3. The Labute approximate surface area is 70.5 Å². The molecule has 4 N–H and O–H groups in total. The maximum absolute atomic E-state index is 11.1. The predicted molar refractivity (Wildman–Crippen MR) is 43.3 cm³/mol. The Morgan fingerprint density at radius 3 is 2.69 bits per heavy atom. The molecule has 0 radical (unpaired) electrons. The van der Waals surface area contributed by atoms with Crippen LogP contribution in [0.2, 0.25) is 0 Å². The standard InChI is InChI=1S/C6H6N4O3/c11-1-2-7-3-4(8-2)9-6(13)10-5(3)12/h11H,1H2,(H3,7,8,9,10,12,13). The van der Waals surface area contributed by atoms with Crippen LogP contribution in [0.3, 0.4) is 0 Å². The molecule has 13 heavy (non-hydrogen) atoms. The quantitative estimate of drug-likeness (QED) is 0.426. The molecule has 0 atom stereocenters. The van der Waals surface area contributed by atoms with Crippen LogP contribution in [0.5, 0.6) is 0 Å². The third-order valence-corrected chi connectivity index (χ3v) is 1.59. The molecular weight excluding hydrogens is 176 g/mol. The number of hydrogen-bond donors (Lipinski definition) is 4. The van der Waals surface area contributed by atoms with Crippen molar-refractivity contribution in [3.63, 3.8) is 0 Å². The van der Waals surface area contributed by atoms with E-state index in [-0.39, 0.29) is 23.6 Å². The fourth-order valence-electron chi connectivity index (χ4n) is 1.06. The van der Waals surface area contributed by atoms with Crippen molar-refractivity contribution >= 4 is 11.2 Å². The zero-order valence-corrected chi connectivity index (χ0v) is 6.42. The van der Waals surface area contributed by atoms with E-state index in [1.54, 1.807) is 0 Å². The first-order chi connectivity index (χ1) is 6.20. The smallest absolute Gasteiger partial charge is 0.327 e. The molecule has 0 aliphatic carbocycles. The summed E-state index contributed by atoms with van der Waals surface area (Å²) in [7, 11) is 0. The van der Waals surface area contributed by atoms with Crippen molar-refractivity contribution in [3.05, 3.63) is 26.7 Å². The van der Waals surface area contributed by atoms with Gasteiger partial charge in [-0.1, -0.05) is 0 Å². The summed E-state index contributed by atoms with van der Waals surface area (Å²) in [4.78, 5) is 32.6. The van der Waals surface area contributed by atoms with Gasteiger partial charge in [0.15, 0.2) is 5.65 Å². The molecular formula is C6H6N4O3. The fraction of sp³-hybridized carbons (Fsp3) is 0.167. The van der Waals surface area contributed by atoms with E-state index < -0.39 is 11.2 Å². The number of aromatic nitrogens is 4. The Kier molecular flexibility index (Phi) is 1.52. The van der Waals surface area contributed by atoms with Gasteiger partial charge in [0.2, 0.25) is 0 Å². The van der Waals surface area contributed by atoms with Crippen LogP contribution in [0.4, 0.5) is 0 Å². The first kappa shape index (κ1) is 7.74. The molecule has 0 amide bonds. The molecule has 0 aliphatic rings. The Morgan fingerprint density at radius 2 is 2.00 bits per heavy atom. The van der Waals surface area contributed by atoms with Crippen LogP contribution in [-0.4, -0.2) is 25.0 Å². The summed E-state index contributed by atoms with van der Waals surface area (Å²) >= 11 is 0. The number of imidazole rings is 1. The van der Waals surface area contributed by atoms with E-state index in [1.165, 1.54) is 0 Å². The average molecular weight is 182 g/mol. The summed E-state index contributed by atoms with van der Waals surface area (Å²) in [6, 6.07) is 0. The Hall–Kier alpha value is -1.89. The summed E-state index contributed by atoms with van der Waals surface area (Å²) in [6.45, 7) is -0.309. The van der Waals surface area contributed by atoms with Crippen molar-refractivity contribution in [3.8, 4) is 0 Å². The molecule has 7 heteroatoms. The highest BCUT2D eigenvalue weighted by Gasteiger charge is 2.05. The SMILES string of the molecule is O=c1[nH]c(=O)c2[nH]c(CO)nc2[nH]1. The summed E-state index contributed by atoms with van der Waals surface area (Å²) in [5.41, 5.74) is -0.860. The second-order valence-corrected chi connectivity index (χ2v) is 2.47. The Balaban J connectivity index is 2.91.